The summed E-state index contributed by atoms with van der Waals surface area (Å²) in [6.07, 6.45) is 5.73. The maximum atomic E-state index is 13.1. The second kappa shape index (κ2) is 9.08. The van der Waals surface area contributed by atoms with Crippen LogP contribution in [0.25, 0.3) is 0 Å². The van der Waals surface area contributed by atoms with Crippen molar-refractivity contribution >= 4 is 23.1 Å². The quantitative estimate of drug-likeness (QED) is 0.534. The van der Waals surface area contributed by atoms with Crippen LogP contribution in [0.15, 0.2) is 41.9 Å². The standard InChI is InChI=1S/C21H25NO3S/c1-2-25-21(24)18(14-19-22-12-13-26-19)20(23)17-10-8-16(9-11-17)15-6-4-3-5-7-15/h3-7,12-13,16-18H,2,8-11,14H2,1H3. The van der Waals surface area contributed by atoms with E-state index in [-0.39, 0.29) is 11.7 Å². The van der Waals surface area contributed by atoms with Crippen molar-refractivity contribution in [3.8, 4) is 0 Å². The summed E-state index contributed by atoms with van der Waals surface area (Å²) in [4.78, 5) is 29.7. The lowest BCUT2D eigenvalue weighted by molar-refractivity contribution is -0.152. The molecule has 26 heavy (non-hydrogen) atoms. The summed E-state index contributed by atoms with van der Waals surface area (Å²) >= 11 is 1.48. The molecular formula is C21H25NO3S. The molecule has 0 bridgehead atoms. The second-order valence-corrected chi connectivity index (χ2v) is 7.78. The van der Waals surface area contributed by atoms with Gasteiger partial charge in [0.2, 0.25) is 0 Å². The molecule has 0 saturated heterocycles. The zero-order valence-electron chi connectivity index (χ0n) is 15.1. The molecule has 1 aliphatic carbocycles. The molecule has 1 unspecified atom stereocenters. The van der Waals surface area contributed by atoms with Gasteiger partial charge in [0.25, 0.3) is 0 Å². The Labute approximate surface area is 158 Å². The third-order valence-corrected chi connectivity index (χ3v) is 5.98. The molecule has 1 fully saturated rings. The van der Waals surface area contributed by atoms with Crippen molar-refractivity contribution in [3.63, 3.8) is 0 Å². The van der Waals surface area contributed by atoms with E-state index in [1.807, 2.05) is 11.4 Å². The molecule has 1 aromatic carbocycles. The minimum absolute atomic E-state index is 0.0326. The van der Waals surface area contributed by atoms with Crippen molar-refractivity contribution in [2.75, 3.05) is 6.61 Å². The average molecular weight is 372 g/mol. The Kier molecular flexibility index (Phi) is 6.56. The molecule has 5 heteroatoms. The number of ether oxygens (including phenoxy) is 1. The predicted octanol–water partition coefficient (Wildman–Crippen LogP) is 4.41. The van der Waals surface area contributed by atoms with Gasteiger partial charge in [-0.15, -0.1) is 11.3 Å². The van der Waals surface area contributed by atoms with Gasteiger partial charge in [-0.1, -0.05) is 30.3 Å². The summed E-state index contributed by atoms with van der Waals surface area (Å²) in [6.45, 7) is 2.06. The predicted molar refractivity (Wildman–Crippen MR) is 102 cm³/mol. The van der Waals surface area contributed by atoms with Gasteiger partial charge < -0.3 is 4.74 Å². The van der Waals surface area contributed by atoms with E-state index in [0.717, 1.165) is 30.7 Å². The third kappa shape index (κ3) is 4.58. The number of hydrogen-bond acceptors (Lipinski definition) is 5. The number of hydrogen-bond donors (Lipinski definition) is 0. The fourth-order valence-corrected chi connectivity index (χ4v) is 4.46. The molecule has 1 atom stereocenters. The Hall–Kier alpha value is -2.01. The lowest BCUT2D eigenvalue weighted by Gasteiger charge is -2.29. The highest BCUT2D eigenvalue weighted by Gasteiger charge is 2.36. The van der Waals surface area contributed by atoms with Gasteiger partial charge in [0.1, 0.15) is 5.92 Å². The zero-order chi connectivity index (χ0) is 18.4. The van der Waals surface area contributed by atoms with E-state index in [0.29, 0.717) is 18.9 Å². The maximum Gasteiger partial charge on any atom is 0.316 e. The molecule has 0 radical (unpaired) electrons. The number of rotatable bonds is 7. The number of benzene rings is 1. The molecule has 0 aliphatic heterocycles. The van der Waals surface area contributed by atoms with Gasteiger partial charge in [-0.3, -0.25) is 9.59 Å². The highest BCUT2D eigenvalue weighted by atomic mass is 32.1. The topological polar surface area (TPSA) is 56.3 Å². The van der Waals surface area contributed by atoms with Crippen LogP contribution in [0.5, 0.6) is 0 Å². The molecule has 1 saturated carbocycles. The fourth-order valence-electron chi connectivity index (χ4n) is 3.79. The van der Waals surface area contributed by atoms with Gasteiger partial charge in [-0.2, -0.15) is 0 Å². The minimum Gasteiger partial charge on any atom is -0.465 e. The Balaban J connectivity index is 1.64. The molecule has 0 N–H and O–H groups in total. The first kappa shape index (κ1) is 18.8. The average Bonchev–Trinajstić information content (AvgIpc) is 3.20. The number of esters is 1. The lowest BCUT2D eigenvalue weighted by Crippen LogP contribution is -2.34. The molecule has 138 valence electrons. The number of aromatic nitrogens is 1. The van der Waals surface area contributed by atoms with Crippen molar-refractivity contribution in [3.05, 3.63) is 52.5 Å². The second-order valence-electron chi connectivity index (χ2n) is 6.80. The summed E-state index contributed by atoms with van der Waals surface area (Å²) in [7, 11) is 0. The van der Waals surface area contributed by atoms with E-state index in [2.05, 4.69) is 29.2 Å². The first-order valence-electron chi connectivity index (χ1n) is 9.32. The first-order chi connectivity index (χ1) is 12.7. The molecule has 0 spiro atoms. The summed E-state index contributed by atoms with van der Waals surface area (Å²) in [6, 6.07) is 10.5. The minimum atomic E-state index is -0.723. The monoisotopic (exact) mass is 371 g/mol. The molecule has 1 aliphatic rings. The number of thiazole rings is 1. The van der Waals surface area contributed by atoms with Crippen molar-refractivity contribution in [1.82, 2.24) is 4.98 Å². The molecule has 1 aromatic heterocycles. The molecule has 0 amide bonds. The number of carbonyl (C=O) groups is 2. The van der Waals surface area contributed by atoms with Crippen LogP contribution in [-0.2, 0) is 20.7 Å². The van der Waals surface area contributed by atoms with Gasteiger partial charge in [-0.05, 0) is 44.1 Å². The maximum absolute atomic E-state index is 13.1. The molecule has 3 rings (SSSR count). The van der Waals surface area contributed by atoms with E-state index >= 15 is 0 Å². The number of ketones is 1. The SMILES string of the molecule is CCOC(=O)C(Cc1nccs1)C(=O)C1CCC(c2ccccc2)CC1. The number of nitrogens with zero attached hydrogens (tertiary/aromatic N) is 1. The smallest absolute Gasteiger partial charge is 0.316 e. The number of carbonyl (C=O) groups excluding carboxylic acids is 2. The van der Waals surface area contributed by atoms with E-state index in [1.54, 1.807) is 13.1 Å². The Morgan fingerprint density at radius 3 is 2.54 bits per heavy atom. The van der Waals surface area contributed by atoms with Gasteiger partial charge in [0.15, 0.2) is 5.78 Å². The van der Waals surface area contributed by atoms with Gasteiger partial charge in [-0.25, -0.2) is 4.98 Å². The Morgan fingerprint density at radius 1 is 1.19 bits per heavy atom. The Bertz CT molecular complexity index is 706. The number of Topliss-reactive ketones (excluding diaryl/α,β-unsaturated/α-hetero) is 1. The van der Waals surface area contributed by atoms with E-state index < -0.39 is 11.9 Å². The largest absolute Gasteiger partial charge is 0.465 e. The lowest BCUT2D eigenvalue weighted by atomic mass is 9.74. The van der Waals surface area contributed by atoms with Crippen molar-refractivity contribution in [2.45, 2.75) is 44.9 Å². The Morgan fingerprint density at radius 2 is 1.92 bits per heavy atom. The van der Waals surface area contributed by atoms with Crippen molar-refractivity contribution in [1.29, 1.82) is 0 Å². The van der Waals surface area contributed by atoms with Gasteiger partial charge in [0.05, 0.1) is 11.6 Å². The van der Waals surface area contributed by atoms with Crippen molar-refractivity contribution < 1.29 is 14.3 Å². The van der Waals surface area contributed by atoms with Crippen LogP contribution in [0.4, 0.5) is 0 Å². The molecular weight excluding hydrogens is 346 g/mol. The highest BCUT2D eigenvalue weighted by molar-refractivity contribution is 7.09. The van der Waals surface area contributed by atoms with Crippen LogP contribution in [0.1, 0.15) is 49.1 Å². The molecule has 4 nitrogen and oxygen atoms in total. The molecule has 2 aromatic rings. The third-order valence-electron chi connectivity index (χ3n) is 5.18. The summed E-state index contributed by atoms with van der Waals surface area (Å²) in [5.41, 5.74) is 1.35. The molecule has 1 heterocycles. The van der Waals surface area contributed by atoms with Crippen molar-refractivity contribution in [2.24, 2.45) is 11.8 Å². The summed E-state index contributed by atoms with van der Waals surface area (Å²) in [5.74, 6) is -0.632. The highest BCUT2D eigenvalue weighted by Crippen LogP contribution is 2.37. The zero-order valence-corrected chi connectivity index (χ0v) is 15.9. The summed E-state index contributed by atoms with van der Waals surface area (Å²) in [5, 5.41) is 2.68. The van der Waals surface area contributed by atoms with Crippen LogP contribution in [0.2, 0.25) is 0 Å². The van der Waals surface area contributed by atoms with E-state index in [4.69, 9.17) is 4.74 Å². The first-order valence-corrected chi connectivity index (χ1v) is 10.2. The van der Waals surface area contributed by atoms with E-state index in [9.17, 15) is 9.59 Å². The van der Waals surface area contributed by atoms with Gasteiger partial charge in [0, 0.05) is 23.9 Å². The van der Waals surface area contributed by atoms with Gasteiger partial charge >= 0.3 is 5.97 Å². The summed E-state index contributed by atoms with van der Waals surface area (Å²) < 4.78 is 5.17. The van der Waals surface area contributed by atoms with Crippen LogP contribution >= 0.6 is 11.3 Å². The van der Waals surface area contributed by atoms with Crippen LogP contribution < -0.4 is 0 Å². The fraction of sp³-hybridized carbons (Fsp3) is 0.476. The van der Waals surface area contributed by atoms with Crippen LogP contribution in [-0.4, -0.2) is 23.3 Å². The van der Waals surface area contributed by atoms with Crippen LogP contribution in [0, 0.1) is 11.8 Å². The van der Waals surface area contributed by atoms with E-state index in [1.165, 1.54) is 16.9 Å². The normalized spacial score (nSPS) is 21.1. The van der Waals surface area contributed by atoms with Crippen LogP contribution in [0.3, 0.4) is 0 Å².